The number of rotatable bonds is 4. The molecule has 2 aliphatic rings. The highest BCUT2D eigenvalue weighted by atomic mass is 32.2. The summed E-state index contributed by atoms with van der Waals surface area (Å²) in [7, 11) is -2.93. The Kier molecular flexibility index (Phi) is 4.93. The topological polar surface area (TPSA) is 43.4 Å². The van der Waals surface area contributed by atoms with E-state index in [-0.39, 0.29) is 0 Å². The van der Waals surface area contributed by atoms with Crippen LogP contribution in [0, 0.1) is 0 Å². The van der Waals surface area contributed by atoms with Crippen LogP contribution in [0.5, 0.6) is 0 Å². The molecule has 0 N–H and O–H groups in total. The molecule has 0 spiro atoms. The highest BCUT2D eigenvalue weighted by Gasteiger charge is 2.40. The Morgan fingerprint density at radius 1 is 1.16 bits per heavy atom. The number of ether oxygens (including phenoxy) is 1. The predicted octanol–water partition coefficient (Wildman–Crippen LogP) is 3.60. The molecule has 110 valence electrons. The van der Waals surface area contributed by atoms with E-state index >= 15 is 0 Å². The van der Waals surface area contributed by atoms with E-state index in [4.69, 9.17) is 4.74 Å². The zero-order valence-corrected chi connectivity index (χ0v) is 12.8. The van der Waals surface area contributed by atoms with Crippen LogP contribution in [0.3, 0.4) is 0 Å². The maximum Gasteiger partial charge on any atom is 0.155 e. The van der Waals surface area contributed by atoms with Crippen LogP contribution in [0.4, 0.5) is 0 Å². The lowest BCUT2D eigenvalue weighted by Gasteiger charge is -2.32. The first-order valence-electron chi connectivity index (χ1n) is 7.55. The van der Waals surface area contributed by atoms with E-state index in [0.29, 0.717) is 18.8 Å². The van der Waals surface area contributed by atoms with E-state index in [1.807, 2.05) is 13.2 Å². The second-order valence-electron chi connectivity index (χ2n) is 6.18. The Balaban J connectivity index is 1.81. The van der Waals surface area contributed by atoms with Crippen LogP contribution in [-0.2, 0) is 14.6 Å². The van der Waals surface area contributed by atoms with Gasteiger partial charge in [0.2, 0.25) is 0 Å². The van der Waals surface area contributed by atoms with Crippen molar-refractivity contribution in [2.75, 3.05) is 12.4 Å². The lowest BCUT2D eigenvalue weighted by Crippen LogP contribution is -2.41. The molecule has 19 heavy (non-hydrogen) atoms. The van der Waals surface area contributed by atoms with E-state index in [2.05, 4.69) is 0 Å². The van der Waals surface area contributed by atoms with Crippen LogP contribution >= 0.6 is 0 Å². The van der Waals surface area contributed by atoms with E-state index in [0.717, 1.165) is 32.1 Å². The number of allylic oxidation sites excluding steroid dienone is 1. The molecule has 1 aliphatic heterocycles. The van der Waals surface area contributed by atoms with Crippen LogP contribution in [0.15, 0.2) is 11.8 Å². The maximum absolute atomic E-state index is 12.1. The van der Waals surface area contributed by atoms with Gasteiger partial charge in [-0.25, -0.2) is 8.42 Å². The molecule has 1 atom stereocenters. The zero-order valence-electron chi connectivity index (χ0n) is 12.0. The average molecular weight is 286 g/mol. The summed E-state index contributed by atoms with van der Waals surface area (Å²) >= 11 is 0. The van der Waals surface area contributed by atoms with Gasteiger partial charge in [0.15, 0.2) is 9.84 Å². The van der Waals surface area contributed by atoms with Gasteiger partial charge in [-0.15, -0.1) is 0 Å². The second-order valence-corrected chi connectivity index (χ2v) is 8.81. The Morgan fingerprint density at radius 2 is 1.89 bits per heavy atom. The monoisotopic (exact) mass is 286 g/mol. The zero-order chi connectivity index (χ0) is 13.8. The molecule has 0 aromatic rings. The van der Waals surface area contributed by atoms with Crippen molar-refractivity contribution in [2.24, 2.45) is 0 Å². The van der Waals surface area contributed by atoms with Gasteiger partial charge in [0, 0.05) is 6.42 Å². The van der Waals surface area contributed by atoms with Crippen molar-refractivity contribution >= 4 is 9.84 Å². The van der Waals surface area contributed by atoms with Gasteiger partial charge in [0.25, 0.3) is 0 Å². The van der Waals surface area contributed by atoms with Crippen LogP contribution in [0.2, 0.25) is 0 Å². The molecular formula is C15H26O3S. The van der Waals surface area contributed by atoms with Gasteiger partial charge < -0.3 is 4.74 Å². The van der Waals surface area contributed by atoms with Crippen LogP contribution < -0.4 is 0 Å². The Hall–Kier alpha value is -0.510. The van der Waals surface area contributed by atoms with Crippen molar-refractivity contribution in [1.82, 2.24) is 0 Å². The van der Waals surface area contributed by atoms with Crippen molar-refractivity contribution in [3.05, 3.63) is 11.8 Å². The van der Waals surface area contributed by atoms with E-state index < -0.39 is 14.6 Å². The fourth-order valence-corrected chi connectivity index (χ4v) is 4.98. The molecule has 0 aromatic heterocycles. The minimum absolute atomic E-state index is 0.352. The Bertz CT molecular complexity index is 417. The lowest BCUT2D eigenvalue weighted by molar-refractivity contribution is 0.220. The number of hydrogen-bond acceptors (Lipinski definition) is 3. The minimum atomic E-state index is -2.93. The third-order valence-electron chi connectivity index (χ3n) is 4.61. The summed E-state index contributed by atoms with van der Waals surface area (Å²) in [5.41, 5.74) is 1.39. The molecule has 3 nitrogen and oxygen atoms in total. The van der Waals surface area contributed by atoms with Crippen LogP contribution in [0.25, 0.3) is 0 Å². The third kappa shape index (κ3) is 3.74. The molecule has 0 aromatic carbocycles. The summed E-state index contributed by atoms with van der Waals surface area (Å²) in [5.74, 6) is 0.352. The summed E-state index contributed by atoms with van der Waals surface area (Å²) in [4.78, 5) is 0. The normalized spacial score (nSPS) is 30.9. The van der Waals surface area contributed by atoms with Gasteiger partial charge in [-0.2, -0.15) is 0 Å². The van der Waals surface area contributed by atoms with Gasteiger partial charge in [-0.1, -0.05) is 12.8 Å². The molecule has 0 radical (unpaired) electrons. The van der Waals surface area contributed by atoms with Gasteiger partial charge in [-0.3, -0.25) is 0 Å². The quantitative estimate of drug-likeness (QED) is 0.586. The first-order chi connectivity index (χ1) is 9.04. The van der Waals surface area contributed by atoms with Gasteiger partial charge in [-0.05, 0) is 51.0 Å². The standard InChI is InChI=1S/C15H26O3S/c1-15(9-5-6-12-19(15,16)17)10-11-18-13-14-7-3-2-4-8-14/h13H,2-12H2,1H3. The summed E-state index contributed by atoms with van der Waals surface area (Å²) in [6.07, 6.45) is 11.3. The number of hydrogen-bond donors (Lipinski definition) is 0. The van der Waals surface area contributed by atoms with Crippen molar-refractivity contribution in [2.45, 2.75) is 69.5 Å². The largest absolute Gasteiger partial charge is 0.501 e. The molecule has 2 fully saturated rings. The highest BCUT2D eigenvalue weighted by molar-refractivity contribution is 7.92. The van der Waals surface area contributed by atoms with Gasteiger partial charge in [0.1, 0.15) is 0 Å². The first kappa shape index (κ1) is 14.9. The molecule has 1 saturated heterocycles. The molecule has 1 saturated carbocycles. The van der Waals surface area contributed by atoms with Crippen molar-refractivity contribution in [3.63, 3.8) is 0 Å². The third-order valence-corrected chi connectivity index (χ3v) is 7.35. The molecule has 2 rings (SSSR count). The maximum atomic E-state index is 12.1. The SMILES string of the molecule is CC1(CCOC=C2CCCCC2)CCCCS1(=O)=O. The summed E-state index contributed by atoms with van der Waals surface area (Å²) in [6.45, 7) is 2.41. The average Bonchev–Trinajstić information content (AvgIpc) is 2.40. The molecular weight excluding hydrogens is 260 g/mol. The minimum Gasteiger partial charge on any atom is -0.501 e. The fourth-order valence-electron chi connectivity index (χ4n) is 3.05. The molecule has 1 aliphatic carbocycles. The summed E-state index contributed by atoms with van der Waals surface area (Å²) in [5, 5.41) is 0. The molecule has 0 bridgehead atoms. The van der Waals surface area contributed by atoms with Crippen LogP contribution in [-0.4, -0.2) is 25.5 Å². The number of sulfone groups is 1. The Labute approximate surface area is 117 Å². The highest BCUT2D eigenvalue weighted by Crippen LogP contribution is 2.33. The fraction of sp³-hybridized carbons (Fsp3) is 0.867. The summed E-state index contributed by atoms with van der Waals surface area (Å²) in [6, 6.07) is 0. The second kappa shape index (κ2) is 6.29. The molecule has 4 heteroatoms. The van der Waals surface area contributed by atoms with Crippen LogP contribution in [0.1, 0.15) is 64.7 Å². The smallest absolute Gasteiger partial charge is 0.155 e. The van der Waals surface area contributed by atoms with Crippen molar-refractivity contribution < 1.29 is 13.2 Å². The summed E-state index contributed by atoms with van der Waals surface area (Å²) < 4.78 is 29.3. The molecule has 1 heterocycles. The Morgan fingerprint density at radius 3 is 2.58 bits per heavy atom. The van der Waals surface area contributed by atoms with Crippen molar-refractivity contribution in [1.29, 1.82) is 0 Å². The molecule has 1 unspecified atom stereocenters. The van der Waals surface area contributed by atoms with Gasteiger partial charge in [0.05, 0.1) is 23.4 Å². The predicted molar refractivity (Wildman–Crippen MR) is 77.8 cm³/mol. The van der Waals surface area contributed by atoms with E-state index in [1.54, 1.807) is 0 Å². The van der Waals surface area contributed by atoms with E-state index in [1.165, 1.54) is 24.8 Å². The van der Waals surface area contributed by atoms with E-state index in [9.17, 15) is 8.42 Å². The van der Waals surface area contributed by atoms with Gasteiger partial charge >= 0.3 is 0 Å². The van der Waals surface area contributed by atoms with Crippen molar-refractivity contribution in [3.8, 4) is 0 Å². The first-order valence-corrected chi connectivity index (χ1v) is 9.21. The lowest BCUT2D eigenvalue weighted by atomic mass is 9.96. The molecule has 0 amide bonds.